The molecule has 1 fully saturated rings. The van der Waals surface area contributed by atoms with Crippen molar-refractivity contribution in [3.05, 3.63) is 16.9 Å². The van der Waals surface area contributed by atoms with Gasteiger partial charge < -0.3 is 5.32 Å². The monoisotopic (exact) mass is 298 g/mol. The highest BCUT2D eigenvalue weighted by molar-refractivity contribution is 9.10. The maximum absolute atomic E-state index is 11.8. The van der Waals surface area contributed by atoms with E-state index >= 15 is 0 Å². The van der Waals surface area contributed by atoms with Gasteiger partial charge in [0.2, 0.25) is 11.9 Å². The molecular formula is C10H11BrN4O2. The lowest BCUT2D eigenvalue weighted by molar-refractivity contribution is -0.146. The van der Waals surface area contributed by atoms with Crippen LogP contribution in [0.15, 0.2) is 16.9 Å². The number of amides is 2. The number of carbonyl (C=O) groups is 2. The van der Waals surface area contributed by atoms with Gasteiger partial charge in [0, 0.05) is 25.9 Å². The predicted octanol–water partition coefficient (Wildman–Crippen LogP) is 0.798. The number of anilines is 1. The summed E-state index contributed by atoms with van der Waals surface area (Å²) in [5.41, 5.74) is 0. The van der Waals surface area contributed by atoms with Gasteiger partial charge in [0.1, 0.15) is 6.04 Å². The Morgan fingerprint density at radius 1 is 1.41 bits per heavy atom. The van der Waals surface area contributed by atoms with Crippen LogP contribution in [-0.2, 0) is 9.59 Å². The van der Waals surface area contributed by atoms with Crippen molar-refractivity contribution in [2.45, 2.75) is 18.9 Å². The Bertz CT molecular complexity index is 448. The summed E-state index contributed by atoms with van der Waals surface area (Å²) in [5.74, 6) is -0.00755. The van der Waals surface area contributed by atoms with Gasteiger partial charge in [-0.3, -0.25) is 14.5 Å². The van der Waals surface area contributed by atoms with Gasteiger partial charge in [0.05, 0.1) is 4.47 Å². The summed E-state index contributed by atoms with van der Waals surface area (Å²) in [7, 11) is 1.49. The Kier molecular flexibility index (Phi) is 3.37. The zero-order valence-electron chi connectivity index (χ0n) is 9.18. The van der Waals surface area contributed by atoms with Gasteiger partial charge in [-0.1, -0.05) is 0 Å². The van der Waals surface area contributed by atoms with Crippen molar-refractivity contribution >= 4 is 33.7 Å². The second-order valence-corrected chi connectivity index (χ2v) is 4.67. The first kappa shape index (κ1) is 12.0. The van der Waals surface area contributed by atoms with Crippen molar-refractivity contribution in [3.8, 4) is 0 Å². The molecule has 0 radical (unpaired) electrons. The lowest BCUT2D eigenvalue weighted by Gasteiger charge is -2.28. The molecule has 0 saturated carbocycles. The molecule has 2 amide bonds. The number of hydrogen-bond donors (Lipinski definition) is 1. The van der Waals surface area contributed by atoms with Crippen LogP contribution in [0.25, 0.3) is 0 Å². The molecule has 0 aliphatic carbocycles. The maximum atomic E-state index is 11.8. The predicted molar refractivity (Wildman–Crippen MR) is 64.2 cm³/mol. The molecule has 0 bridgehead atoms. The average Bonchev–Trinajstić information content (AvgIpc) is 2.33. The number of likely N-dealkylation sites (tertiary alicyclic amines) is 1. The van der Waals surface area contributed by atoms with E-state index in [1.807, 2.05) is 0 Å². The zero-order chi connectivity index (χ0) is 12.4. The number of nitrogens with zero attached hydrogens (tertiary/aromatic N) is 3. The first-order chi connectivity index (χ1) is 8.08. The normalized spacial score (nSPS) is 20.6. The van der Waals surface area contributed by atoms with Gasteiger partial charge in [-0.05, 0) is 22.4 Å². The van der Waals surface area contributed by atoms with E-state index in [4.69, 9.17) is 0 Å². The van der Waals surface area contributed by atoms with Crippen LogP contribution >= 0.6 is 15.9 Å². The molecule has 2 heterocycles. The van der Waals surface area contributed by atoms with E-state index in [1.54, 1.807) is 12.4 Å². The largest absolute Gasteiger partial charge is 0.342 e. The van der Waals surface area contributed by atoms with Gasteiger partial charge in [-0.25, -0.2) is 9.97 Å². The van der Waals surface area contributed by atoms with E-state index in [0.29, 0.717) is 18.8 Å². The second-order valence-electron chi connectivity index (χ2n) is 3.75. The summed E-state index contributed by atoms with van der Waals surface area (Å²) in [5, 5.41) is 2.92. The van der Waals surface area contributed by atoms with Crippen molar-refractivity contribution in [2.24, 2.45) is 0 Å². The summed E-state index contributed by atoms with van der Waals surface area (Å²) in [4.78, 5) is 32.3. The highest BCUT2D eigenvalue weighted by Gasteiger charge is 2.31. The number of nitrogens with one attached hydrogen (secondary N) is 1. The maximum Gasteiger partial charge on any atom is 0.251 e. The topological polar surface area (TPSA) is 75.2 Å². The number of hydrogen-bond acceptors (Lipinski definition) is 5. The van der Waals surface area contributed by atoms with E-state index in [9.17, 15) is 9.59 Å². The van der Waals surface area contributed by atoms with Gasteiger partial charge in [-0.15, -0.1) is 0 Å². The number of aromatic nitrogens is 2. The zero-order valence-corrected chi connectivity index (χ0v) is 10.8. The summed E-state index contributed by atoms with van der Waals surface area (Å²) in [6, 6.07) is -0.432. The number of carbonyl (C=O) groups excluding carboxylic acids is 2. The quantitative estimate of drug-likeness (QED) is 0.818. The first-order valence-electron chi connectivity index (χ1n) is 5.12. The Hall–Kier alpha value is -1.50. The minimum absolute atomic E-state index is 0.148. The molecule has 17 heavy (non-hydrogen) atoms. The summed E-state index contributed by atoms with van der Waals surface area (Å²) < 4.78 is 0.769. The number of rotatable bonds is 2. The Morgan fingerprint density at radius 2 is 2.06 bits per heavy atom. The third-order valence-electron chi connectivity index (χ3n) is 2.57. The standard InChI is InChI=1S/C10H11BrN4O2/c1-15-8(16)3-2-7(9(15)17)14-10-12-4-6(11)5-13-10/h4-5,7H,2-3H2,1H3,(H,12,13,14). The summed E-state index contributed by atoms with van der Waals surface area (Å²) >= 11 is 3.23. The fraction of sp³-hybridized carbons (Fsp3) is 0.400. The Morgan fingerprint density at radius 3 is 2.71 bits per heavy atom. The van der Waals surface area contributed by atoms with Crippen molar-refractivity contribution < 1.29 is 9.59 Å². The Labute approximate surface area is 107 Å². The van der Waals surface area contributed by atoms with Crippen LogP contribution in [0.4, 0.5) is 5.95 Å². The first-order valence-corrected chi connectivity index (χ1v) is 5.91. The van der Waals surface area contributed by atoms with E-state index in [1.165, 1.54) is 7.05 Å². The molecule has 2 rings (SSSR count). The number of imide groups is 1. The molecule has 1 aliphatic rings. The van der Waals surface area contributed by atoms with Crippen LogP contribution in [0, 0.1) is 0 Å². The highest BCUT2D eigenvalue weighted by atomic mass is 79.9. The third-order valence-corrected chi connectivity index (χ3v) is 2.98. The summed E-state index contributed by atoms with van der Waals surface area (Å²) in [6.45, 7) is 0. The van der Waals surface area contributed by atoms with E-state index in [0.717, 1.165) is 9.37 Å². The molecule has 1 aromatic rings. The molecule has 1 aliphatic heterocycles. The van der Waals surface area contributed by atoms with Crippen molar-refractivity contribution in [1.29, 1.82) is 0 Å². The second kappa shape index (κ2) is 4.79. The minimum Gasteiger partial charge on any atom is -0.342 e. The van der Waals surface area contributed by atoms with Crippen molar-refractivity contribution in [3.63, 3.8) is 0 Å². The van der Waals surface area contributed by atoms with E-state index < -0.39 is 6.04 Å². The SMILES string of the molecule is CN1C(=O)CCC(Nc2ncc(Br)cn2)C1=O. The number of piperidine rings is 1. The Balaban J connectivity index is 2.06. The molecule has 1 atom stereocenters. The minimum atomic E-state index is -0.432. The third kappa shape index (κ3) is 2.60. The lowest BCUT2D eigenvalue weighted by Crippen LogP contribution is -2.48. The number of likely N-dealkylation sites (N-methyl/N-ethyl adjacent to an activating group) is 1. The van der Waals surface area contributed by atoms with E-state index in [2.05, 4.69) is 31.2 Å². The van der Waals surface area contributed by atoms with Gasteiger partial charge in [-0.2, -0.15) is 0 Å². The summed E-state index contributed by atoms with van der Waals surface area (Å²) in [6.07, 6.45) is 4.02. The number of halogens is 1. The molecule has 1 saturated heterocycles. The van der Waals surface area contributed by atoms with E-state index in [-0.39, 0.29) is 11.8 Å². The van der Waals surface area contributed by atoms with Crippen LogP contribution in [0.5, 0.6) is 0 Å². The molecular weight excluding hydrogens is 288 g/mol. The van der Waals surface area contributed by atoms with Gasteiger partial charge in [0.15, 0.2) is 0 Å². The molecule has 0 spiro atoms. The van der Waals surface area contributed by atoms with Gasteiger partial charge >= 0.3 is 0 Å². The van der Waals surface area contributed by atoms with Crippen LogP contribution in [0.3, 0.4) is 0 Å². The molecule has 1 N–H and O–H groups in total. The van der Waals surface area contributed by atoms with Crippen LogP contribution in [-0.4, -0.2) is 39.8 Å². The lowest BCUT2D eigenvalue weighted by atomic mass is 10.1. The highest BCUT2D eigenvalue weighted by Crippen LogP contribution is 2.15. The van der Waals surface area contributed by atoms with Crippen molar-refractivity contribution in [2.75, 3.05) is 12.4 Å². The van der Waals surface area contributed by atoms with Gasteiger partial charge in [0.25, 0.3) is 5.91 Å². The molecule has 1 unspecified atom stereocenters. The van der Waals surface area contributed by atoms with Crippen molar-refractivity contribution in [1.82, 2.24) is 14.9 Å². The molecule has 0 aromatic carbocycles. The van der Waals surface area contributed by atoms with Crippen LogP contribution in [0.1, 0.15) is 12.8 Å². The average molecular weight is 299 g/mol. The van der Waals surface area contributed by atoms with Crippen LogP contribution in [0.2, 0.25) is 0 Å². The fourth-order valence-electron chi connectivity index (χ4n) is 1.59. The molecule has 90 valence electrons. The molecule has 1 aromatic heterocycles. The molecule has 6 nitrogen and oxygen atoms in total. The fourth-order valence-corrected chi connectivity index (χ4v) is 1.80. The van der Waals surface area contributed by atoms with Crippen LogP contribution < -0.4 is 5.32 Å². The smallest absolute Gasteiger partial charge is 0.251 e. The molecule has 7 heteroatoms.